The summed E-state index contributed by atoms with van der Waals surface area (Å²) in [6.07, 6.45) is 2.53. The van der Waals surface area contributed by atoms with Gasteiger partial charge in [-0.3, -0.25) is 9.59 Å². The molecule has 8 nitrogen and oxygen atoms in total. The van der Waals surface area contributed by atoms with Crippen molar-refractivity contribution in [2.75, 3.05) is 25.6 Å². The third kappa shape index (κ3) is 4.71. The zero-order valence-corrected chi connectivity index (χ0v) is 16.8. The summed E-state index contributed by atoms with van der Waals surface area (Å²) in [5, 5.41) is 3.14. The van der Waals surface area contributed by atoms with Gasteiger partial charge in [-0.15, -0.1) is 0 Å². The fourth-order valence-electron chi connectivity index (χ4n) is 3.15. The van der Waals surface area contributed by atoms with Crippen molar-refractivity contribution in [1.29, 1.82) is 0 Å². The largest absolute Gasteiger partial charge is 0.495 e. The van der Waals surface area contributed by atoms with E-state index in [-0.39, 0.29) is 11.7 Å². The summed E-state index contributed by atoms with van der Waals surface area (Å²) < 4.78 is 15.5. The van der Waals surface area contributed by atoms with Gasteiger partial charge >= 0.3 is 5.97 Å². The van der Waals surface area contributed by atoms with E-state index in [0.29, 0.717) is 35.8 Å². The molecule has 29 heavy (non-hydrogen) atoms. The van der Waals surface area contributed by atoms with Crippen LogP contribution in [0.4, 0.5) is 5.69 Å². The van der Waals surface area contributed by atoms with Crippen molar-refractivity contribution in [2.24, 2.45) is 0 Å². The van der Waals surface area contributed by atoms with Crippen LogP contribution in [0.2, 0.25) is 5.02 Å². The van der Waals surface area contributed by atoms with Crippen molar-refractivity contribution in [3.8, 4) is 5.75 Å². The molecular formula is C20H21ClN2O6. The Hall–Kier alpha value is -3.00. The lowest BCUT2D eigenvalue weighted by atomic mass is 10.2. The molecule has 1 fully saturated rings. The molecule has 2 heterocycles. The van der Waals surface area contributed by atoms with Crippen LogP contribution in [-0.4, -0.2) is 49.0 Å². The highest BCUT2D eigenvalue weighted by atomic mass is 35.5. The van der Waals surface area contributed by atoms with E-state index < -0.39 is 24.5 Å². The molecule has 1 aromatic heterocycles. The van der Waals surface area contributed by atoms with Crippen LogP contribution < -0.4 is 10.1 Å². The molecule has 154 valence electrons. The molecule has 0 saturated carbocycles. The van der Waals surface area contributed by atoms with E-state index in [2.05, 4.69) is 5.32 Å². The van der Waals surface area contributed by atoms with Gasteiger partial charge in [0.15, 0.2) is 12.4 Å². The van der Waals surface area contributed by atoms with Crippen molar-refractivity contribution in [2.45, 2.75) is 25.8 Å². The lowest BCUT2D eigenvalue weighted by Crippen LogP contribution is -2.42. The number of nitrogens with one attached hydrogen (secondary N) is 1. The maximum Gasteiger partial charge on any atom is 0.329 e. The Morgan fingerprint density at radius 2 is 2.14 bits per heavy atom. The van der Waals surface area contributed by atoms with Crippen LogP contribution >= 0.6 is 11.6 Å². The zero-order chi connectivity index (χ0) is 21.0. The number of ether oxygens (including phenoxy) is 2. The van der Waals surface area contributed by atoms with E-state index in [1.165, 1.54) is 24.3 Å². The molecule has 9 heteroatoms. The summed E-state index contributed by atoms with van der Waals surface area (Å²) in [4.78, 5) is 38.5. The van der Waals surface area contributed by atoms with Gasteiger partial charge in [0, 0.05) is 17.6 Å². The number of halogens is 1. The number of likely N-dealkylation sites (tertiary alicyclic amines) is 1. The third-order valence-electron chi connectivity index (χ3n) is 4.62. The highest BCUT2D eigenvalue weighted by molar-refractivity contribution is 6.31. The average molecular weight is 421 g/mol. The van der Waals surface area contributed by atoms with E-state index >= 15 is 0 Å². The van der Waals surface area contributed by atoms with Crippen LogP contribution in [0.3, 0.4) is 0 Å². The van der Waals surface area contributed by atoms with Gasteiger partial charge in [-0.05, 0) is 43.5 Å². The third-order valence-corrected chi connectivity index (χ3v) is 5.03. The monoisotopic (exact) mass is 420 g/mol. The molecule has 1 saturated heterocycles. The van der Waals surface area contributed by atoms with Crippen molar-refractivity contribution in [3.63, 3.8) is 0 Å². The Morgan fingerprint density at radius 1 is 1.34 bits per heavy atom. The number of rotatable bonds is 6. The second-order valence-electron chi connectivity index (χ2n) is 6.59. The number of hydrogen-bond acceptors (Lipinski definition) is 6. The number of carbonyl (C=O) groups is 3. The first-order valence-electron chi connectivity index (χ1n) is 9.05. The topological polar surface area (TPSA) is 98.1 Å². The Balaban J connectivity index is 1.58. The van der Waals surface area contributed by atoms with E-state index in [1.54, 1.807) is 25.1 Å². The number of hydrogen-bond donors (Lipinski definition) is 1. The zero-order valence-electron chi connectivity index (χ0n) is 16.1. The van der Waals surface area contributed by atoms with Crippen LogP contribution in [0.5, 0.6) is 5.75 Å². The highest BCUT2D eigenvalue weighted by Crippen LogP contribution is 2.31. The maximum atomic E-state index is 12.5. The highest BCUT2D eigenvalue weighted by Gasteiger charge is 2.36. The minimum atomic E-state index is -0.743. The van der Waals surface area contributed by atoms with Crippen molar-refractivity contribution in [1.82, 2.24) is 4.90 Å². The molecule has 0 aliphatic carbocycles. The first-order chi connectivity index (χ1) is 13.9. The summed E-state index contributed by atoms with van der Waals surface area (Å²) in [7, 11) is 1.46. The minimum Gasteiger partial charge on any atom is -0.495 e. The normalized spacial score (nSPS) is 15.8. The van der Waals surface area contributed by atoms with E-state index in [9.17, 15) is 14.4 Å². The molecule has 1 N–H and O–H groups in total. The molecule has 3 rings (SSSR count). The van der Waals surface area contributed by atoms with Gasteiger partial charge in [0.05, 0.1) is 19.1 Å². The van der Waals surface area contributed by atoms with Crippen LogP contribution in [-0.2, 0) is 14.3 Å². The SMILES string of the molecule is COc1cc(Cl)c(C)cc1NC(=O)COC(=O)[C@@H]1CCCN1C(=O)c1ccco1. The Morgan fingerprint density at radius 3 is 2.83 bits per heavy atom. The number of benzene rings is 1. The smallest absolute Gasteiger partial charge is 0.329 e. The molecule has 1 aromatic carbocycles. The predicted octanol–water partition coefficient (Wildman–Crippen LogP) is 3.04. The molecule has 0 bridgehead atoms. The average Bonchev–Trinajstić information content (AvgIpc) is 3.40. The molecule has 0 unspecified atom stereocenters. The van der Waals surface area contributed by atoms with Crippen LogP contribution in [0.1, 0.15) is 29.0 Å². The molecule has 0 radical (unpaired) electrons. The number of nitrogens with zero attached hydrogens (tertiary/aromatic N) is 1. The van der Waals surface area contributed by atoms with Crippen LogP contribution in [0.15, 0.2) is 34.9 Å². The number of methoxy groups -OCH3 is 1. The van der Waals surface area contributed by atoms with Gasteiger partial charge in [0.25, 0.3) is 11.8 Å². The molecule has 0 spiro atoms. The number of amides is 2. The Bertz CT molecular complexity index is 912. The summed E-state index contributed by atoms with van der Waals surface area (Å²) in [5.74, 6) is -0.976. The number of aryl methyl sites for hydroxylation is 1. The molecule has 1 atom stereocenters. The number of carbonyl (C=O) groups excluding carboxylic acids is 3. The van der Waals surface area contributed by atoms with Gasteiger partial charge < -0.3 is 24.1 Å². The first kappa shape index (κ1) is 20.7. The first-order valence-corrected chi connectivity index (χ1v) is 9.43. The van der Waals surface area contributed by atoms with Crippen LogP contribution in [0.25, 0.3) is 0 Å². The van der Waals surface area contributed by atoms with Crippen LogP contribution in [0, 0.1) is 6.92 Å². The molecule has 1 aliphatic rings. The number of anilines is 1. The fourth-order valence-corrected chi connectivity index (χ4v) is 3.30. The van der Waals surface area contributed by atoms with Gasteiger partial charge in [0.2, 0.25) is 0 Å². The van der Waals surface area contributed by atoms with Crippen molar-refractivity contribution < 1.29 is 28.3 Å². The van der Waals surface area contributed by atoms with E-state index in [4.69, 9.17) is 25.5 Å². The summed E-state index contributed by atoms with van der Waals surface area (Å²) in [6, 6.07) is 5.66. The quantitative estimate of drug-likeness (QED) is 0.721. The van der Waals surface area contributed by atoms with E-state index in [0.717, 1.165) is 5.56 Å². The lowest BCUT2D eigenvalue weighted by Gasteiger charge is -2.22. The fraction of sp³-hybridized carbons (Fsp3) is 0.350. The number of esters is 1. The molecule has 2 aromatic rings. The van der Waals surface area contributed by atoms with E-state index in [1.807, 2.05) is 0 Å². The van der Waals surface area contributed by atoms with Gasteiger partial charge in [-0.25, -0.2) is 4.79 Å². The molecule has 1 aliphatic heterocycles. The summed E-state index contributed by atoms with van der Waals surface area (Å²) >= 11 is 6.05. The Kier molecular flexibility index (Phi) is 6.43. The standard InChI is InChI=1S/C20H21ClN2O6/c1-12-9-14(17(27-2)10-13(12)21)22-18(24)11-29-20(26)15-5-3-7-23(15)19(25)16-6-4-8-28-16/h4,6,8-10,15H,3,5,7,11H2,1-2H3,(H,22,24)/t15-/m0/s1. The Labute approximate surface area is 172 Å². The second kappa shape index (κ2) is 9.00. The lowest BCUT2D eigenvalue weighted by molar-refractivity contribution is -0.151. The number of furan rings is 1. The summed E-state index contributed by atoms with van der Waals surface area (Å²) in [6.45, 7) is 1.73. The van der Waals surface area contributed by atoms with Crippen molar-refractivity contribution >= 4 is 35.1 Å². The van der Waals surface area contributed by atoms with Gasteiger partial charge in [-0.2, -0.15) is 0 Å². The van der Waals surface area contributed by atoms with Gasteiger partial charge in [0.1, 0.15) is 11.8 Å². The molecular weight excluding hydrogens is 400 g/mol. The summed E-state index contributed by atoms with van der Waals surface area (Å²) in [5.41, 5.74) is 1.18. The van der Waals surface area contributed by atoms with Gasteiger partial charge in [-0.1, -0.05) is 11.6 Å². The maximum absolute atomic E-state index is 12.5. The minimum absolute atomic E-state index is 0.160. The van der Waals surface area contributed by atoms with Crippen molar-refractivity contribution in [3.05, 3.63) is 46.9 Å². The second-order valence-corrected chi connectivity index (χ2v) is 7.00. The molecule has 2 amide bonds. The predicted molar refractivity (Wildman–Crippen MR) is 105 cm³/mol.